The molecule has 200 valence electrons. The van der Waals surface area contributed by atoms with Crippen LogP contribution in [0.5, 0.6) is 11.5 Å². The number of rotatable bonds is 8. The molecule has 0 unspecified atom stereocenters. The van der Waals surface area contributed by atoms with Gasteiger partial charge in [0.25, 0.3) is 0 Å². The summed E-state index contributed by atoms with van der Waals surface area (Å²) in [6, 6.07) is 17.3. The predicted molar refractivity (Wildman–Crippen MR) is 151 cm³/mol. The number of aromatic nitrogens is 4. The fourth-order valence-corrected chi connectivity index (χ4v) is 4.97. The second kappa shape index (κ2) is 12.2. The minimum Gasteiger partial charge on any atom is -0.457 e. The summed E-state index contributed by atoms with van der Waals surface area (Å²) in [7, 11) is 0. The number of para-hydroxylation sites is 1. The van der Waals surface area contributed by atoms with Crippen molar-refractivity contribution in [1.29, 1.82) is 0 Å². The molecule has 1 aliphatic carbocycles. The van der Waals surface area contributed by atoms with Crippen LogP contribution < -0.4 is 21.5 Å². The van der Waals surface area contributed by atoms with Gasteiger partial charge in [0, 0.05) is 11.6 Å². The van der Waals surface area contributed by atoms with Crippen LogP contribution in [0, 0.1) is 0 Å². The van der Waals surface area contributed by atoms with E-state index >= 15 is 0 Å². The van der Waals surface area contributed by atoms with Crippen molar-refractivity contribution in [3.63, 3.8) is 0 Å². The highest BCUT2D eigenvalue weighted by atomic mass is 35.5. The molecular formula is C28H34ClN7O2. The molecule has 0 radical (unpaired) electrons. The number of hydrogen-bond acceptors (Lipinski definition) is 7. The Labute approximate surface area is 228 Å². The Balaban J connectivity index is 0.00000336. The number of halogens is 1. The Morgan fingerprint density at radius 3 is 2.42 bits per heavy atom. The molecule has 0 spiro atoms. The number of carbonyl (C=O) groups is 1. The van der Waals surface area contributed by atoms with Crippen LogP contribution in [0.1, 0.15) is 51.5 Å². The first kappa shape index (κ1) is 27.3. The molecule has 0 aliphatic heterocycles. The maximum absolute atomic E-state index is 12.4. The molecular weight excluding hydrogens is 502 g/mol. The second-order valence-corrected chi connectivity index (χ2v) is 9.60. The number of carbonyl (C=O) groups excluding carboxylic acids is 1. The third kappa shape index (κ3) is 5.89. The van der Waals surface area contributed by atoms with Gasteiger partial charge in [-0.05, 0) is 68.5 Å². The zero-order chi connectivity index (χ0) is 25.8. The van der Waals surface area contributed by atoms with E-state index in [0.29, 0.717) is 12.2 Å². The highest BCUT2D eigenvalue weighted by Gasteiger charge is 2.28. The number of amides is 1. The number of nitrogens with one attached hydrogen (secondary N) is 1. The van der Waals surface area contributed by atoms with Crippen LogP contribution >= 0.6 is 12.4 Å². The van der Waals surface area contributed by atoms with Crippen molar-refractivity contribution in [1.82, 2.24) is 25.1 Å². The number of nitrogens with two attached hydrogens (primary N) is 2. The molecule has 1 saturated carbocycles. The lowest BCUT2D eigenvalue weighted by atomic mass is 9.91. The summed E-state index contributed by atoms with van der Waals surface area (Å²) >= 11 is 0. The normalized spacial score (nSPS) is 17.9. The highest BCUT2D eigenvalue weighted by molar-refractivity contribution is 5.98. The summed E-state index contributed by atoms with van der Waals surface area (Å²) in [6.07, 6.45) is 6.54. The summed E-state index contributed by atoms with van der Waals surface area (Å²) in [5, 5.41) is 8.86. The van der Waals surface area contributed by atoms with Crippen LogP contribution in [0.2, 0.25) is 0 Å². The first-order valence-electron chi connectivity index (χ1n) is 12.9. The van der Waals surface area contributed by atoms with E-state index in [9.17, 15) is 4.79 Å². The van der Waals surface area contributed by atoms with Crippen molar-refractivity contribution in [3.8, 4) is 22.8 Å². The molecule has 0 bridgehead atoms. The molecule has 2 aromatic heterocycles. The quantitative estimate of drug-likeness (QED) is 0.288. The molecule has 2 heterocycles. The van der Waals surface area contributed by atoms with Gasteiger partial charge in [-0.25, -0.2) is 14.6 Å². The summed E-state index contributed by atoms with van der Waals surface area (Å²) < 4.78 is 7.92. The monoisotopic (exact) mass is 535 g/mol. The molecule has 10 heteroatoms. The molecule has 5 rings (SSSR count). The van der Waals surface area contributed by atoms with Crippen LogP contribution in [0.15, 0.2) is 60.9 Å². The molecule has 0 saturated heterocycles. The summed E-state index contributed by atoms with van der Waals surface area (Å²) in [6.45, 7) is 2.03. The van der Waals surface area contributed by atoms with E-state index in [1.54, 1.807) is 0 Å². The topological polar surface area (TPSA) is 134 Å². The number of nitrogen functional groups attached to an aromatic ring is 1. The zero-order valence-corrected chi connectivity index (χ0v) is 22.2. The molecule has 1 aliphatic rings. The third-order valence-electron chi connectivity index (χ3n) is 6.95. The van der Waals surface area contributed by atoms with Crippen molar-refractivity contribution in [2.24, 2.45) is 5.73 Å². The van der Waals surface area contributed by atoms with Gasteiger partial charge in [-0.2, -0.15) is 5.10 Å². The van der Waals surface area contributed by atoms with Crippen LogP contribution in [0.25, 0.3) is 22.3 Å². The largest absolute Gasteiger partial charge is 0.457 e. The standard InChI is InChI=1S/C28H33N7O2.ClH/c1-2-6-23(29)28(36)33-19-11-13-20(14-12-19)35-27-24(26(30)31-17-32-27)25(34-35)18-9-15-22(16-10-18)37-21-7-4-3-5-8-21;/h3-5,7-10,15-17,19-20,23H,2,6,11-14,29H2,1H3,(H,33,36)(H2,30,31,32);1H/t19?,20?,23-;/m1./s1. The van der Waals surface area contributed by atoms with Crippen molar-refractivity contribution >= 4 is 35.2 Å². The van der Waals surface area contributed by atoms with Crippen molar-refractivity contribution in [3.05, 3.63) is 60.9 Å². The van der Waals surface area contributed by atoms with Crippen LogP contribution in [-0.4, -0.2) is 37.7 Å². The minimum absolute atomic E-state index is 0. The summed E-state index contributed by atoms with van der Waals surface area (Å²) in [5.41, 5.74) is 14.7. The molecule has 1 atom stereocenters. The highest BCUT2D eigenvalue weighted by Crippen LogP contribution is 2.36. The lowest BCUT2D eigenvalue weighted by Crippen LogP contribution is -2.46. The maximum Gasteiger partial charge on any atom is 0.237 e. The average Bonchev–Trinajstić information content (AvgIpc) is 3.31. The average molecular weight is 536 g/mol. The lowest BCUT2D eigenvalue weighted by molar-refractivity contribution is -0.123. The molecule has 38 heavy (non-hydrogen) atoms. The number of ether oxygens (including phenoxy) is 1. The molecule has 1 amide bonds. The smallest absolute Gasteiger partial charge is 0.237 e. The van der Waals surface area contributed by atoms with Crippen LogP contribution in [0.3, 0.4) is 0 Å². The third-order valence-corrected chi connectivity index (χ3v) is 6.95. The summed E-state index contributed by atoms with van der Waals surface area (Å²) in [5.74, 6) is 1.86. The first-order chi connectivity index (χ1) is 18.0. The van der Waals surface area contributed by atoms with Gasteiger partial charge in [0.15, 0.2) is 5.65 Å². The van der Waals surface area contributed by atoms with Crippen molar-refractivity contribution < 1.29 is 9.53 Å². The van der Waals surface area contributed by atoms with Gasteiger partial charge < -0.3 is 21.5 Å². The summed E-state index contributed by atoms with van der Waals surface area (Å²) in [4.78, 5) is 21.1. The molecule has 9 nitrogen and oxygen atoms in total. The molecule has 2 aromatic carbocycles. The predicted octanol–water partition coefficient (Wildman–Crippen LogP) is 5.02. The SMILES string of the molecule is CCC[C@@H](N)C(=O)NC1CCC(n2nc(-c3ccc(Oc4ccccc4)cc3)c3c(N)ncnc32)CC1.Cl. The Morgan fingerprint density at radius 1 is 1.05 bits per heavy atom. The Kier molecular flexibility index (Phi) is 8.81. The zero-order valence-electron chi connectivity index (χ0n) is 21.4. The number of anilines is 1. The van der Waals surface area contributed by atoms with Crippen LogP contribution in [-0.2, 0) is 4.79 Å². The lowest BCUT2D eigenvalue weighted by Gasteiger charge is -2.30. The molecule has 1 fully saturated rings. The van der Waals surface area contributed by atoms with Crippen molar-refractivity contribution in [2.45, 2.75) is 63.6 Å². The Morgan fingerprint density at radius 2 is 1.74 bits per heavy atom. The molecule has 5 N–H and O–H groups in total. The van der Waals surface area contributed by atoms with E-state index in [4.69, 9.17) is 21.3 Å². The van der Waals surface area contributed by atoms with Gasteiger partial charge in [-0.1, -0.05) is 31.5 Å². The number of hydrogen-bond donors (Lipinski definition) is 3. The van der Waals surface area contributed by atoms with E-state index < -0.39 is 6.04 Å². The van der Waals surface area contributed by atoms with E-state index in [1.165, 1.54) is 6.33 Å². The van der Waals surface area contributed by atoms with Gasteiger partial charge >= 0.3 is 0 Å². The van der Waals surface area contributed by atoms with Gasteiger partial charge in [-0.15, -0.1) is 12.4 Å². The Bertz CT molecular complexity index is 1350. The van der Waals surface area contributed by atoms with E-state index in [1.807, 2.05) is 66.2 Å². The molecule has 4 aromatic rings. The second-order valence-electron chi connectivity index (χ2n) is 9.60. The first-order valence-corrected chi connectivity index (χ1v) is 12.9. The maximum atomic E-state index is 12.4. The van der Waals surface area contributed by atoms with Gasteiger partial charge in [0.1, 0.15) is 29.3 Å². The fraction of sp³-hybridized carbons (Fsp3) is 0.357. The number of benzene rings is 2. The van der Waals surface area contributed by atoms with E-state index in [2.05, 4.69) is 15.3 Å². The van der Waals surface area contributed by atoms with Crippen molar-refractivity contribution in [2.75, 3.05) is 5.73 Å². The Hall–Kier alpha value is -3.69. The van der Waals surface area contributed by atoms with E-state index in [0.717, 1.165) is 65.9 Å². The van der Waals surface area contributed by atoms with Crippen LogP contribution in [0.4, 0.5) is 5.82 Å². The van der Waals surface area contributed by atoms with E-state index in [-0.39, 0.29) is 30.4 Å². The van der Waals surface area contributed by atoms with Gasteiger partial charge in [0.05, 0.1) is 17.5 Å². The number of fused-ring (bicyclic) bond motifs is 1. The minimum atomic E-state index is -0.440. The van der Waals surface area contributed by atoms with Gasteiger partial charge in [-0.3, -0.25) is 4.79 Å². The number of nitrogens with zero attached hydrogens (tertiary/aromatic N) is 4. The van der Waals surface area contributed by atoms with Gasteiger partial charge in [0.2, 0.25) is 5.91 Å². The fourth-order valence-electron chi connectivity index (χ4n) is 4.97.